The van der Waals surface area contributed by atoms with Crippen molar-refractivity contribution in [2.24, 2.45) is 0 Å². The van der Waals surface area contributed by atoms with E-state index in [1.165, 1.54) is 20.8 Å². The van der Waals surface area contributed by atoms with Crippen LogP contribution in [0.3, 0.4) is 0 Å². The van der Waals surface area contributed by atoms with Crippen LogP contribution in [0, 0.1) is 0 Å². The van der Waals surface area contributed by atoms with Gasteiger partial charge in [-0.15, -0.1) is 0 Å². The number of aliphatic hydroxyl groups is 5. The molecular weight excluding hydrogens is 852 g/mol. The van der Waals surface area contributed by atoms with E-state index in [1.807, 2.05) is 0 Å². The molecule has 2 aliphatic heterocycles. The Morgan fingerprint density at radius 2 is 0.919 bits per heavy atom. The highest BCUT2D eigenvalue weighted by molar-refractivity contribution is 6.09. The van der Waals surface area contributed by atoms with Crippen LogP contribution >= 0.6 is 0 Å². The molecule has 2 saturated heterocycles. The molecule has 0 bridgehead atoms. The van der Waals surface area contributed by atoms with Crippen molar-refractivity contribution in [2.75, 3.05) is 59.5 Å². The second-order valence-electron chi connectivity index (χ2n) is 12.2. The maximum Gasteiger partial charge on any atom is 0.511 e. The highest BCUT2D eigenvalue weighted by atomic mass is 16.9. The van der Waals surface area contributed by atoms with Gasteiger partial charge < -0.3 is 91.8 Å². The van der Waals surface area contributed by atoms with Crippen LogP contribution in [-0.4, -0.2) is 192 Å². The van der Waals surface area contributed by atoms with Crippen molar-refractivity contribution >= 4 is 48.3 Å². The van der Waals surface area contributed by atoms with Gasteiger partial charge >= 0.3 is 54.1 Å². The Bertz CT molecular complexity index is 1620. The van der Waals surface area contributed by atoms with Gasteiger partial charge in [0.1, 0.15) is 6.10 Å². The third-order valence-electron chi connectivity index (χ3n) is 8.74. The van der Waals surface area contributed by atoms with E-state index < -0.39 is 154 Å². The van der Waals surface area contributed by atoms with Gasteiger partial charge in [-0.25, -0.2) is 38.4 Å². The summed E-state index contributed by atoms with van der Waals surface area (Å²) in [6.45, 7) is 1.59. The molecule has 0 amide bonds. The third kappa shape index (κ3) is 9.15. The summed E-state index contributed by atoms with van der Waals surface area (Å²) in [7, 11) is 0. The molecule has 0 aromatic rings. The molecule has 0 unspecified atom stereocenters. The number of hydrogen-bond donors (Lipinski definition) is 5. The van der Waals surface area contributed by atoms with Gasteiger partial charge in [0.25, 0.3) is 16.8 Å². The van der Waals surface area contributed by atoms with Gasteiger partial charge in [0.15, 0.2) is 24.8 Å². The number of rotatable bonds is 19. The SMILES string of the molecule is CCOC(=O)O[C@H]1[C@@H](O)[C@H](O[C@@]2(C(=O)OCC)[C@](O)(C(=O)OCC)[C@](O)(C(=O)OCC)[C@@](OC(=O)OCC)(C(=O)OCC)O[C@@]2(CO)C(=O)OCC)O[C@H](O)[C@H]1OC(=O)OCC. The normalized spacial score (nSPS) is 31.5. The average molecular weight is 905 g/mol. The van der Waals surface area contributed by atoms with Crippen LogP contribution in [0.2, 0.25) is 0 Å². The van der Waals surface area contributed by atoms with E-state index in [9.17, 15) is 63.9 Å². The summed E-state index contributed by atoms with van der Waals surface area (Å²) < 4.78 is 71.2. The molecule has 354 valence electrons. The molecule has 0 radical (unpaired) electrons. The predicted octanol–water partition coefficient (Wildman–Crippen LogP) is -2.23. The molecule has 2 aliphatic rings. The fraction of sp³-hybridized carbons (Fsp3) is 0.771. The number of esters is 5. The van der Waals surface area contributed by atoms with Gasteiger partial charge in [-0.3, -0.25) is 0 Å². The molecule has 0 spiro atoms. The highest BCUT2D eigenvalue weighted by Crippen LogP contribution is 2.59. The van der Waals surface area contributed by atoms with E-state index >= 15 is 0 Å². The number of carbonyl (C=O) groups excluding carboxylic acids is 8. The van der Waals surface area contributed by atoms with E-state index in [2.05, 4.69) is 4.74 Å². The van der Waals surface area contributed by atoms with Crippen LogP contribution in [0.4, 0.5) is 14.4 Å². The minimum Gasteiger partial charge on any atom is -0.464 e. The van der Waals surface area contributed by atoms with Crippen LogP contribution in [0.5, 0.6) is 0 Å². The Labute approximate surface area is 352 Å². The maximum atomic E-state index is 14.9. The number of aliphatic hydroxyl groups excluding tert-OH is 3. The number of ether oxygens (including phenoxy) is 14. The summed E-state index contributed by atoms with van der Waals surface area (Å²) >= 11 is 0. The van der Waals surface area contributed by atoms with E-state index in [1.54, 1.807) is 0 Å². The molecule has 27 heteroatoms. The first-order valence-electron chi connectivity index (χ1n) is 19.1. The fourth-order valence-corrected chi connectivity index (χ4v) is 6.32. The van der Waals surface area contributed by atoms with Crippen molar-refractivity contribution in [3.05, 3.63) is 0 Å². The second-order valence-corrected chi connectivity index (χ2v) is 12.2. The molecule has 2 fully saturated rings. The molecule has 0 saturated carbocycles. The van der Waals surface area contributed by atoms with E-state index in [4.69, 9.17) is 61.6 Å². The van der Waals surface area contributed by atoms with Crippen LogP contribution < -0.4 is 0 Å². The first kappa shape index (κ1) is 53.0. The quantitative estimate of drug-likeness (QED) is 0.0676. The van der Waals surface area contributed by atoms with E-state index in [-0.39, 0.29) is 13.2 Å². The molecule has 2 rings (SSSR count). The van der Waals surface area contributed by atoms with Gasteiger partial charge in [0.05, 0.1) is 59.5 Å². The Balaban J connectivity index is 3.46. The third-order valence-corrected chi connectivity index (χ3v) is 8.74. The van der Waals surface area contributed by atoms with Gasteiger partial charge in [0, 0.05) is 0 Å². The van der Waals surface area contributed by atoms with Crippen molar-refractivity contribution in [3.8, 4) is 0 Å². The summed E-state index contributed by atoms with van der Waals surface area (Å²) in [5, 5.41) is 60.6. The summed E-state index contributed by atoms with van der Waals surface area (Å²) in [5.41, 5.74) is -18.8. The zero-order chi connectivity index (χ0) is 47.3. The van der Waals surface area contributed by atoms with E-state index in [0.717, 1.165) is 34.6 Å². The number of hydrogen-bond acceptors (Lipinski definition) is 27. The van der Waals surface area contributed by atoms with Crippen molar-refractivity contribution in [3.63, 3.8) is 0 Å². The minimum atomic E-state index is -5.01. The lowest BCUT2D eigenvalue weighted by Gasteiger charge is -2.62. The first-order valence-corrected chi connectivity index (χ1v) is 19.1. The highest BCUT2D eigenvalue weighted by Gasteiger charge is 2.97. The standard InChI is InChI=1S/C35H52O27/c1-9-49-23(39)31(17-36)34(26(42)52-12-4,60-22-18(37)19(57-28(44)54-14-6)20(21(38)59-22)58-29(45)55-15-7)32(47,24(40)50-10-2)33(48,25(41)51-11-3)35(62-31,27(43)53-13-5)61-30(46)56-16-8/h18-22,36-38,47-48H,9-17H2,1-8H3/t18-,19+,20+,21+,22+,31+,32+,33-,34-,35-/m1/s1. The maximum absolute atomic E-state index is 14.9. The molecule has 5 N–H and O–H groups in total. The van der Waals surface area contributed by atoms with Crippen molar-refractivity contribution in [2.45, 2.75) is 114 Å². The zero-order valence-corrected chi connectivity index (χ0v) is 35.0. The molecule has 10 atom stereocenters. The van der Waals surface area contributed by atoms with Crippen LogP contribution in [-0.2, 0) is 90.3 Å². The zero-order valence-electron chi connectivity index (χ0n) is 35.0. The van der Waals surface area contributed by atoms with Gasteiger partial charge in [-0.05, 0) is 55.4 Å². The second kappa shape index (κ2) is 22.3. The first-order chi connectivity index (χ1) is 29.2. The molecule has 2 heterocycles. The monoisotopic (exact) mass is 904 g/mol. The van der Waals surface area contributed by atoms with Gasteiger partial charge in [-0.2, -0.15) is 0 Å². The van der Waals surface area contributed by atoms with Gasteiger partial charge in [-0.1, -0.05) is 0 Å². The molecule has 0 aromatic carbocycles. The summed E-state index contributed by atoms with van der Waals surface area (Å²) in [4.78, 5) is 111. The Kier molecular flexibility index (Phi) is 19.0. The molecule has 62 heavy (non-hydrogen) atoms. The van der Waals surface area contributed by atoms with Gasteiger partial charge in [0.2, 0.25) is 5.60 Å². The average Bonchev–Trinajstić information content (AvgIpc) is 3.21. The van der Waals surface area contributed by atoms with Crippen molar-refractivity contribution in [1.82, 2.24) is 0 Å². The fourth-order valence-electron chi connectivity index (χ4n) is 6.32. The summed E-state index contributed by atoms with van der Waals surface area (Å²) in [6, 6.07) is 0. The number of carbonyl (C=O) groups is 8. The smallest absolute Gasteiger partial charge is 0.464 e. The topological polar surface area (TPSA) is 367 Å². The molecule has 0 aromatic heterocycles. The summed E-state index contributed by atoms with van der Waals surface area (Å²) in [6.07, 6.45) is -18.6. The van der Waals surface area contributed by atoms with Crippen molar-refractivity contribution in [1.29, 1.82) is 0 Å². The van der Waals surface area contributed by atoms with E-state index in [0.29, 0.717) is 0 Å². The van der Waals surface area contributed by atoms with Crippen LogP contribution in [0.15, 0.2) is 0 Å². The molecule has 0 aliphatic carbocycles. The van der Waals surface area contributed by atoms with Crippen LogP contribution in [0.25, 0.3) is 0 Å². The Morgan fingerprint density at radius 1 is 0.516 bits per heavy atom. The molecule has 27 nitrogen and oxygen atoms in total. The lowest BCUT2D eigenvalue weighted by atomic mass is 9.57. The predicted molar refractivity (Wildman–Crippen MR) is 189 cm³/mol. The lowest BCUT2D eigenvalue weighted by molar-refractivity contribution is -0.454. The largest absolute Gasteiger partial charge is 0.511 e. The lowest BCUT2D eigenvalue weighted by Crippen LogP contribution is -2.97. The Morgan fingerprint density at radius 3 is 1.39 bits per heavy atom. The minimum absolute atomic E-state index is 0.317. The summed E-state index contributed by atoms with van der Waals surface area (Å²) in [5.74, 6) is -16.3. The Hall–Kier alpha value is -5.16. The molecular formula is C35H52O27. The van der Waals surface area contributed by atoms with Crippen LogP contribution in [0.1, 0.15) is 55.4 Å². The van der Waals surface area contributed by atoms with Crippen molar-refractivity contribution < 1.29 is 130 Å².